The lowest BCUT2D eigenvalue weighted by molar-refractivity contribution is -0.259. The van der Waals surface area contributed by atoms with Gasteiger partial charge in [-0.3, -0.25) is 32.3 Å². The zero-order chi connectivity index (χ0) is 61.7. The maximum Gasteiger partial charge on any atom is 0.475 e. The van der Waals surface area contributed by atoms with Crippen LogP contribution in [0.15, 0.2) is 110 Å². The first-order valence-electron chi connectivity index (χ1n) is 27.7. The number of methoxy groups -OCH3 is 2. The van der Waals surface area contributed by atoms with Crippen molar-refractivity contribution < 1.29 is 71.5 Å². The van der Waals surface area contributed by atoms with E-state index in [0.717, 1.165) is 46.0 Å². The normalized spacial score (nSPS) is 23.2. The molecule has 7 aromatic rings. The number of hydrogen-bond donors (Lipinski definition) is 5. The number of nitrogens with zero attached hydrogens (tertiary/aromatic N) is 8. The molecule has 6 N–H and O–H groups in total. The van der Waals surface area contributed by atoms with Gasteiger partial charge < -0.3 is 54.8 Å². The fourth-order valence-corrected chi connectivity index (χ4v) is 13.1. The van der Waals surface area contributed by atoms with Crippen molar-refractivity contribution in [3.63, 3.8) is 0 Å². The van der Waals surface area contributed by atoms with Crippen LogP contribution in [0.5, 0.6) is 5.75 Å². The predicted octanol–water partition coefficient (Wildman–Crippen LogP) is 7.42. The number of aliphatic hydroxyl groups excluding tert-OH is 3. The van der Waals surface area contributed by atoms with Crippen molar-refractivity contribution in [3.05, 3.63) is 127 Å². The molecule has 0 spiro atoms. The van der Waals surface area contributed by atoms with E-state index in [2.05, 4.69) is 61.7 Å². The van der Waals surface area contributed by atoms with Crippen molar-refractivity contribution in [2.75, 3.05) is 50.0 Å². The number of thioether (sulfide) groups is 2. The second-order valence-corrected chi connectivity index (χ2v) is 26.3. The monoisotopic (exact) mass is 1240 g/mol. The Bertz CT molecular complexity index is 3390. The largest absolute Gasteiger partial charge is 0.497 e. The summed E-state index contributed by atoms with van der Waals surface area (Å²) in [5.41, 5.74) is 8.53. The van der Waals surface area contributed by atoms with Crippen molar-refractivity contribution in [1.29, 1.82) is 0 Å². The number of ether oxygens (including phenoxy) is 6. The molecule has 3 aliphatic heterocycles. The van der Waals surface area contributed by atoms with Crippen molar-refractivity contribution >= 4 is 75.5 Å². The van der Waals surface area contributed by atoms with Crippen LogP contribution in [0.2, 0.25) is 0 Å². The third-order valence-electron chi connectivity index (χ3n) is 14.4. The molecule has 0 bridgehead atoms. The number of imidazole rings is 2. The molecule has 3 aliphatic rings. The molecule has 25 nitrogen and oxygen atoms in total. The summed E-state index contributed by atoms with van der Waals surface area (Å²) < 4.78 is 68.5. The van der Waals surface area contributed by atoms with E-state index < -0.39 is 92.0 Å². The minimum absolute atomic E-state index is 0.0604. The Hall–Kier alpha value is -6.01. The molecular weight excluding hydrogens is 1170 g/mol. The van der Waals surface area contributed by atoms with Gasteiger partial charge in [0, 0.05) is 29.4 Å². The minimum atomic E-state index is -4.28. The number of aliphatic hydroxyl groups is 3. The zero-order valence-electron chi connectivity index (χ0n) is 49.2. The standard InChI is InChI=1S/C33H33N5O6.C25H40N5O9PS2/c1-20(39)26-27-28(44-32(41-3)43-27)31(42-26)38-19-36-25-29(34-18-35-30(25)38)37-33(21-10-6-4-7-11-21,22-12-8-5-9-13-22)23-14-16-24(40-2)17-15-23;1-14(18-16(31)17(32)21(38-18)30-13-29-15-19(26)27-12-28-20(15)30)39-40(35,36-8-10-41-22(33)24(2,3)4)37-9-11-42-23(34)25(5,6)7/h4-20,26-28,31-32,39H,1-3H3,(H,34,35,37);12-14,16-18,21,31-32H,8-11H2,1-7H3,(H2,26,27,28)/t20-,26-,27-,28-,31-,32?;14-,16+,17-,18-,21-/m11/s1. The van der Waals surface area contributed by atoms with Gasteiger partial charge >= 0.3 is 7.82 Å². The minimum Gasteiger partial charge on any atom is -0.497 e. The summed E-state index contributed by atoms with van der Waals surface area (Å²) in [6.45, 7) is 12.8. The smallest absolute Gasteiger partial charge is 0.475 e. The molecule has 11 atom stereocenters. The molecule has 0 radical (unpaired) electrons. The van der Waals surface area contributed by atoms with Crippen LogP contribution in [0.1, 0.15) is 84.5 Å². The third kappa shape index (κ3) is 14.0. The first kappa shape index (κ1) is 64.5. The van der Waals surface area contributed by atoms with Gasteiger partial charge in [-0.2, -0.15) is 0 Å². The fraction of sp³-hybridized carbons (Fsp3) is 0.483. The van der Waals surface area contributed by atoms with Crippen LogP contribution in [0.4, 0.5) is 11.6 Å². The Morgan fingerprint density at radius 1 is 0.674 bits per heavy atom. The van der Waals surface area contributed by atoms with Crippen molar-refractivity contribution in [1.82, 2.24) is 39.0 Å². The van der Waals surface area contributed by atoms with Crippen molar-refractivity contribution in [2.24, 2.45) is 10.8 Å². The number of carbonyl (C=O) groups is 2. The Morgan fingerprint density at radius 2 is 1.19 bits per heavy atom. The van der Waals surface area contributed by atoms with Gasteiger partial charge in [-0.15, -0.1) is 0 Å². The Kier molecular flexibility index (Phi) is 20.4. The topological polar surface area (TPSA) is 320 Å². The van der Waals surface area contributed by atoms with Crippen LogP contribution in [0, 0.1) is 10.8 Å². The summed E-state index contributed by atoms with van der Waals surface area (Å²) in [7, 11) is -1.12. The summed E-state index contributed by atoms with van der Waals surface area (Å²) in [5.74, 6) is 1.81. The number of phosphoric acid groups is 1. The quantitative estimate of drug-likeness (QED) is 0.0265. The summed E-state index contributed by atoms with van der Waals surface area (Å²) in [6, 6.07) is 28.4. The highest BCUT2D eigenvalue weighted by molar-refractivity contribution is 8.14. The molecule has 10 rings (SSSR count). The summed E-state index contributed by atoms with van der Waals surface area (Å²) in [4.78, 5) is 50.7. The van der Waals surface area contributed by atoms with Crippen LogP contribution in [-0.2, 0) is 56.9 Å². The molecule has 7 heterocycles. The molecule has 3 aromatic carbocycles. The fourth-order valence-electron chi connectivity index (χ4n) is 9.94. The van der Waals surface area contributed by atoms with Gasteiger partial charge in [0.2, 0.25) is 0 Å². The van der Waals surface area contributed by atoms with E-state index in [1.54, 1.807) is 66.5 Å². The van der Waals surface area contributed by atoms with Crippen LogP contribution in [-0.4, -0.2) is 159 Å². The van der Waals surface area contributed by atoms with Crippen molar-refractivity contribution in [2.45, 2.75) is 129 Å². The van der Waals surface area contributed by atoms with Crippen LogP contribution >= 0.6 is 31.3 Å². The molecule has 28 heteroatoms. The Labute approximate surface area is 506 Å². The van der Waals surface area contributed by atoms with E-state index in [0.29, 0.717) is 22.5 Å². The number of hydrogen-bond acceptors (Lipinski definition) is 25. The Morgan fingerprint density at radius 3 is 1.73 bits per heavy atom. The summed E-state index contributed by atoms with van der Waals surface area (Å²) in [6.07, 6.45) is -3.64. The first-order chi connectivity index (χ1) is 41.0. The second-order valence-electron chi connectivity index (χ2n) is 22.6. The molecule has 4 aromatic heterocycles. The molecular formula is C58H73N10O15PS2. The van der Waals surface area contributed by atoms with Gasteiger partial charge in [0.05, 0.1) is 45.2 Å². The van der Waals surface area contributed by atoms with E-state index >= 15 is 0 Å². The number of phosphoric ester groups is 1. The lowest BCUT2D eigenvalue weighted by Crippen LogP contribution is -2.38. The molecule has 1 unspecified atom stereocenters. The number of nitrogen functional groups attached to an aromatic ring is 1. The lowest BCUT2D eigenvalue weighted by atomic mass is 9.77. The summed E-state index contributed by atoms with van der Waals surface area (Å²) in [5, 5.41) is 35.7. The van der Waals surface area contributed by atoms with E-state index in [-0.39, 0.29) is 46.4 Å². The number of rotatable bonds is 21. The molecule has 0 saturated carbocycles. The number of anilines is 2. The SMILES string of the molecule is COc1ccc(C(Nc2ncnc3c2ncn3[C@@H]2O[C@H]([C@@H](C)O)[C@H]3OC(OC)O[C@H]32)(c2ccccc2)c2ccccc2)cc1.C[C@@H](OP(=O)(OCCSC(=O)C(C)(C)C)OCCSC(=O)C(C)(C)C)[C@H]1O[C@@H](n2cnc3c(N)ncnc32)[C@H](O)[C@@H]1O. The maximum atomic E-state index is 13.7. The van der Waals surface area contributed by atoms with E-state index in [1.165, 1.54) is 37.6 Å². The van der Waals surface area contributed by atoms with Gasteiger partial charge in [0.15, 0.2) is 51.1 Å². The maximum absolute atomic E-state index is 13.7. The average molecular weight is 1250 g/mol. The zero-order valence-corrected chi connectivity index (χ0v) is 51.8. The van der Waals surface area contributed by atoms with Crippen LogP contribution < -0.4 is 15.8 Å². The van der Waals surface area contributed by atoms with Crippen LogP contribution in [0.3, 0.4) is 0 Å². The molecule has 0 amide bonds. The highest BCUT2D eigenvalue weighted by Gasteiger charge is 2.56. The summed E-state index contributed by atoms with van der Waals surface area (Å²) >= 11 is 2.07. The highest BCUT2D eigenvalue weighted by Crippen LogP contribution is 2.52. The third-order valence-corrected chi connectivity index (χ3v) is 18.4. The van der Waals surface area contributed by atoms with Gasteiger partial charge in [0.1, 0.15) is 66.1 Å². The first-order valence-corrected chi connectivity index (χ1v) is 31.2. The lowest BCUT2D eigenvalue weighted by Gasteiger charge is -2.37. The number of carbonyl (C=O) groups excluding carboxylic acids is 2. The van der Waals surface area contributed by atoms with E-state index in [1.807, 2.05) is 48.5 Å². The van der Waals surface area contributed by atoms with Gasteiger partial charge in [-0.05, 0) is 42.7 Å². The second kappa shape index (κ2) is 27.2. The molecule has 3 fully saturated rings. The number of nitrogens with one attached hydrogen (secondary N) is 1. The predicted molar refractivity (Wildman–Crippen MR) is 320 cm³/mol. The van der Waals surface area contributed by atoms with Crippen LogP contribution in [0.25, 0.3) is 22.3 Å². The number of benzene rings is 3. The number of nitrogens with two attached hydrogens (primary N) is 1. The Balaban J connectivity index is 0.000000206. The molecule has 3 saturated heterocycles. The number of aromatic nitrogens is 8. The number of fused-ring (bicyclic) bond motifs is 3. The highest BCUT2D eigenvalue weighted by atomic mass is 32.2. The van der Waals surface area contributed by atoms with Gasteiger partial charge in [-0.1, -0.05) is 138 Å². The molecule has 86 heavy (non-hydrogen) atoms. The van der Waals surface area contributed by atoms with Gasteiger partial charge in [0.25, 0.3) is 6.48 Å². The molecule has 462 valence electrons. The van der Waals surface area contributed by atoms with Gasteiger partial charge in [-0.25, -0.2) is 34.5 Å². The van der Waals surface area contributed by atoms with Crippen molar-refractivity contribution in [3.8, 4) is 5.75 Å². The van der Waals surface area contributed by atoms with E-state index in [4.69, 9.17) is 57.7 Å². The molecule has 0 aliphatic carbocycles. The van der Waals surface area contributed by atoms with E-state index in [9.17, 15) is 29.5 Å². The average Bonchev–Trinajstić information content (AvgIpc) is 1.36.